The quantitative estimate of drug-likeness (QED) is 0.151. The molecular formula is C39H40N2O4S. The number of carbonyl (C=O) groups excluding carboxylic acids is 1. The summed E-state index contributed by atoms with van der Waals surface area (Å²) in [6, 6.07) is 31.9. The number of amides is 1. The Hall–Kier alpha value is -4.33. The number of rotatable bonds is 12. The van der Waals surface area contributed by atoms with Gasteiger partial charge in [-0.1, -0.05) is 42.5 Å². The highest BCUT2D eigenvalue weighted by molar-refractivity contribution is 7.22. The number of ether oxygens (including phenoxy) is 3. The van der Waals surface area contributed by atoms with Gasteiger partial charge in [-0.15, -0.1) is 11.3 Å². The van der Waals surface area contributed by atoms with Crippen LogP contribution in [0.25, 0.3) is 20.5 Å². The summed E-state index contributed by atoms with van der Waals surface area (Å²) in [5.41, 5.74) is 6.07. The molecule has 0 aliphatic carbocycles. The molecule has 1 aromatic heterocycles. The van der Waals surface area contributed by atoms with Gasteiger partial charge in [0.05, 0.1) is 13.2 Å². The van der Waals surface area contributed by atoms with Gasteiger partial charge in [0.25, 0.3) is 0 Å². The summed E-state index contributed by atoms with van der Waals surface area (Å²) in [4.78, 5) is 15.3. The number of nitrogens with one attached hydrogen (secondary N) is 1. The number of methoxy groups -OCH3 is 1. The van der Waals surface area contributed by atoms with E-state index in [1.807, 2.05) is 30.3 Å². The lowest BCUT2D eigenvalue weighted by Gasteiger charge is -2.18. The Morgan fingerprint density at radius 1 is 0.870 bits per heavy atom. The predicted octanol–water partition coefficient (Wildman–Crippen LogP) is 8.00. The molecule has 1 atom stereocenters. The van der Waals surface area contributed by atoms with Crippen molar-refractivity contribution in [1.29, 1.82) is 0 Å². The Kier molecular flexibility index (Phi) is 9.22. The van der Waals surface area contributed by atoms with Gasteiger partial charge in [0.1, 0.15) is 30.5 Å². The fraction of sp³-hybridized carbons (Fsp3) is 0.308. The zero-order valence-electron chi connectivity index (χ0n) is 26.3. The maximum Gasteiger partial charge on any atom is 0.220 e. The highest BCUT2D eigenvalue weighted by atomic mass is 32.1. The number of hydrogen-bond donors (Lipinski definition) is 1. The first-order valence-electron chi connectivity index (χ1n) is 16.2. The van der Waals surface area contributed by atoms with E-state index in [0.29, 0.717) is 19.6 Å². The fourth-order valence-electron chi connectivity index (χ4n) is 6.49. The minimum Gasteiger partial charge on any atom is -0.496 e. The molecule has 2 aliphatic rings. The number of benzene rings is 4. The average Bonchev–Trinajstić information content (AvgIpc) is 3.85. The molecule has 0 radical (unpaired) electrons. The zero-order valence-corrected chi connectivity index (χ0v) is 27.1. The van der Waals surface area contributed by atoms with Crippen LogP contribution in [0.1, 0.15) is 47.9 Å². The van der Waals surface area contributed by atoms with Crippen LogP contribution in [-0.2, 0) is 24.4 Å². The van der Waals surface area contributed by atoms with E-state index in [4.69, 9.17) is 14.2 Å². The monoisotopic (exact) mass is 632 g/mol. The summed E-state index contributed by atoms with van der Waals surface area (Å²) in [6.45, 7) is 4.28. The van der Waals surface area contributed by atoms with Crippen LogP contribution >= 0.6 is 11.3 Å². The lowest BCUT2D eigenvalue weighted by Crippen LogP contribution is -2.30. The van der Waals surface area contributed by atoms with E-state index in [0.717, 1.165) is 60.9 Å². The van der Waals surface area contributed by atoms with Crippen molar-refractivity contribution < 1.29 is 19.0 Å². The van der Waals surface area contributed by atoms with Crippen molar-refractivity contribution >= 4 is 27.3 Å². The molecule has 3 heterocycles. The molecule has 2 aliphatic heterocycles. The highest BCUT2D eigenvalue weighted by Crippen LogP contribution is 2.42. The van der Waals surface area contributed by atoms with Crippen molar-refractivity contribution in [3.05, 3.63) is 113 Å². The van der Waals surface area contributed by atoms with Crippen LogP contribution in [0.15, 0.2) is 91.0 Å². The number of likely N-dealkylation sites (tertiary alicyclic amines) is 1. The molecule has 7 heteroatoms. The van der Waals surface area contributed by atoms with Gasteiger partial charge in [-0.05, 0) is 115 Å². The Bertz CT molecular complexity index is 1790. The first-order valence-corrected chi connectivity index (χ1v) is 17.1. The smallest absolute Gasteiger partial charge is 0.220 e. The number of nitrogens with zero attached hydrogens (tertiary/aromatic N) is 1. The summed E-state index contributed by atoms with van der Waals surface area (Å²) >= 11 is 1.80. The molecule has 7 rings (SSSR count). The van der Waals surface area contributed by atoms with Crippen molar-refractivity contribution in [1.82, 2.24) is 10.2 Å². The van der Waals surface area contributed by atoms with Gasteiger partial charge >= 0.3 is 0 Å². The molecule has 2 fully saturated rings. The lowest BCUT2D eigenvalue weighted by atomic mass is 9.97. The second-order valence-electron chi connectivity index (χ2n) is 12.3. The SMILES string of the molecule is COc1cc(Cc2c(-c3ccc(OC[C@H]4CCC(=O)N4)cc3)sc3cc(OCc4ccccc4)ccc23)ccc1CN1CCCC1. The van der Waals surface area contributed by atoms with E-state index < -0.39 is 0 Å². The van der Waals surface area contributed by atoms with Gasteiger partial charge < -0.3 is 19.5 Å². The molecule has 6 nitrogen and oxygen atoms in total. The maximum absolute atomic E-state index is 11.6. The maximum atomic E-state index is 11.6. The molecule has 2 saturated heterocycles. The molecule has 0 saturated carbocycles. The van der Waals surface area contributed by atoms with Crippen LogP contribution in [0.5, 0.6) is 17.2 Å². The summed E-state index contributed by atoms with van der Waals surface area (Å²) in [5, 5.41) is 4.22. The molecule has 236 valence electrons. The van der Waals surface area contributed by atoms with Gasteiger partial charge in [-0.3, -0.25) is 9.69 Å². The standard InChI is InChI=1S/C39H40N2O4S/c1-43-36-22-28(9-10-30(36)24-41-19-5-6-20-41)21-35-34-17-16-33(44-25-27-7-3-2-4-8-27)23-37(34)46-39(35)29-11-14-32(15-12-29)45-26-31-13-18-38(42)40-31/h2-4,7-12,14-17,22-23,31H,5-6,13,18-21,24-26H2,1H3,(H,40,42)/t31-/m1/s1. The van der Waals surface area contributed by atoms with E-state index in [1.165, 1.54) is 44.5 Å². The summed E-state index contributed by atoms with van der Waals surface area (Å²) in [7, 11) is 1.78. The second-order valence-corrected chi connectivity index (χ2v) is 13.3. The minimum absolute atomic E-state index is 0.0819. The van der Waals surface area contributed by atoms with E-state index >= 15 is 0 Å². The fourth-order valence-corrected chi connectivity index (χ4v) is 7.74. The molecule has 5 aromatic rings. The Balaban J connectivity index is 1.17. The zero-order chi connectivity index (χ0) is 31.3. The third kappa shape index (κ3) is 7.06. The first-order chi connectivity index (χ1) is 22.6. The molecule has 46 heavy (non-hydrogen) atoms. The summed E-state index contributed by atoms with van der Waals surface area (Å²) < 4.78 is 19.3. The van der Waals surface area contributed by atoms with Crippen LogP contribution in [0, 0.1) is 0 Å². The van der Waals surface area contributed by atoms with Gasteiger partial charge in [0.2, 0.25) is 5.91 Å². The van der Waals surface area contributed by atoms with Crippen LogP contribution in [0.2, 0.25) is 0 Å². The normalized spacial score (nSPS) is 16.5. The van der Waals surface area contributed by atoms with Crippen LogP contribution in [-0.4, -0.2) is 43.7 Å². The molecule has 0 unspecified atom stereocenters. The van der Waals surface area contributed by atoms with E-state index in [-0.39, 0.29) is 11.9 Å². The van der Waals surface area contributed by atoms with Crippen molar-refractivity contribution in [2.45, 2.75) is 51.3 Å². The predicted molar refractivity (Wildman–Crippen MR) is 185 cm³/mol. The second kappa shape index (κ2) is 14.0. The molecular weight excluding hydrogens is 593 g/mol. The minimum atomic E-state index is 0.0819. The third-order valence-electron chi connectivity index (χ3n) is 8.99. The van der Waals surface area contributed by atoms with Crippen molar-refractivity contribution in [3.63, 3.8) is 0 Å². The van der Waals surface area contributed by atoms with E-state index in [2.05, 4.69) is 70.9 Å². The number of fused-ring (bicyclic) bond motifs is 1. The molecule has 0 spiro atoms. The van der Waals surface area contributed by atoms with E-state index in [1.54, 1.807) is 18.4 Å². The number of thiophene rings is 1. The summed E-state index contributed by atoms with van der Waals surface area (Å²) in [6.07, 6.45) is 4.74. The molecule has 1 amide bonds. The van der Waals surface area contributed by atoms with Crippen molar-refractivity contribution in [3.8, 4) is 27.7 Å². The number of hydrogen-bond acceptors (Lipinski definition) is 6. The van der Waals surface area contributed by atoms with Crippen molar-refractivity contribution in [2.75, 3.05) is 26.8 Å². The van der Waals surface area contributed by atoms with Crippen molar-refractivity contribution in [2.24, 2.45) is 0 Å². The average molecular weight is 633 g/mol. The van der Waals surface area contributed by atoms with Crippen LogP contribution in [0.4, 0.5) is 0 Å². The van der Waals surface area contributed by atoms with Crippen LogP contribution < -0.4 is 19.5 Å². The van der Waals surface area contributed by atoms with E-state index in [9.17, 15) is 4.79 Å². The Morgan fingerprint density at radius 3 is 2.43 bits per heavy atom. The summed E-state index contributed by atoms with van der Waals surface area (Å²) in [5.74, 6) is 2.74. The first kappa shape index (κ1) is 30.3. The van der Waals surface area contributed by atoms with Gasteiger partial charge in [-0.2, -0.15) is 0 Å². The van der Waals surface area contributed by atoms with Crippen LogP contribution in [0.3, 0.4) is 0 Å². The van der Waals surface area contributed by atoms with Gasteiger partial charge in [0, 0.05) is 28.1 Å². The Morgan fingerprint density at radius 2 is 1.67 bits per heavy atom. The topological polar surface area (TPSA) is 60.0 Å². The molecule has 1 N–H and O–H groups in total. The molecule has 0 bridgehead atoms. The largest absolute Gasteiger partial charge is 0.496 e. The highest BCUT2D eigenvalue weighted by Gasteiger charge is 2.22. The lowest BCUT2D eigenvalue weighted by molar-refractivity contribution is -0.119. The van der Waals surface area contributed by atoms with Gasteiger partial charge in [0.15, 0.2) is 0 Å². The number of carbonyl (C=O) groups is 1. The van der Waals surface area contributed by atoms with Gasteiger partial charge in [-0.25, -0.2) is 0 Å². The third-order valence-corrected chi connectivity index (χ3v) is 10.2. The molecule has 4 aromatic carbocycles. The Labute approximate surface area is 274 Å².